The lowest BCUT2D eigenvalue weighted by Gasteiger charge is -2.16. The van der Waals surface area contributed by atoms with Crippen LogP contribution in [0.3, 0.4) is 0 Å². The summed E-state index contributed by atoms with van der Waals surface area (Å²) >= 11 is 0. The number of amides is 1. The van der Waals surface area contributed by atoms with Crippen molar-refractivity contribution in [2.75, 3.05) is 5.32 Å². The highest BCUT2D eigenvalue weighted by atomic mass is 16.5. The predicted molar refractivity (Wildman–Crippen MR) is 90.6 cm³/mol. The molecular weight excluding hydrogens is 274 g/mol. The summed E-state index contributed by atoms with van der Waals surface area (Å²) < 4.78 is 5.73. The van der Waals surface area contributed by atoms with Crippen LogP contribution in [0, 0.1) is 27.7 Å². The minimum Gasteiger partial charge on any atom is -0.481 e. The van der Waals surface area contributed by atoms with Gasteiger partial charge in [-0.1, -0.05) is 12.1 Å². The van der Waals surface area contributed by atoms with E-state index in [-0.39, 0.29) is 5.91 Å². The number of carbonyl (C=O) groups is 1. The minimum atomic E-state index is -0.553. The Balaban J connectivity index is 2.04. The Morgan fingerprint density at radius 2 is 1.59 bits per heavy atom. The van der Waals surface area contributed by atoms with Gasteiger partial charge in [-0.2, -0.15) is 0 Å². The van der Waals surface area contributed by atoms with E-state index in [1.165, 1.54) is 5.56 Å². The van der Waals surface area contributed by atoms with Gasteiger partial charge < -0.3 is 10.1 Å². The molecule has 0 aliphatic heterocycles. The first-order valence-corrected chi connectivity index (χ1v) is 7.48. The van der Waals surface area contributed by atoms with E-state index in [1.807, 2.05) is 51.1 Å². The minimum absolute atomic E-state index is 0.150. The second-order valence-corrected chi connectivity index (χ2v) is 5.87. The zero-order valence-electron chi connectivity index (χ0n) is 13.9. The highest BCUT2D eigenvalue weighted by Crippen LogP contribution is 2.19. The van der Waals surface area contributed by atoms with Gasteiger partial charge in [0, 0.05) is 5.69 Å². The van der Waals surface area contributed by atoms with Crippen LogP contribution in [0.25, 0.3) is 0 Å². The van der Waals surface area contributed by atoms with Crippen LogP contribution in [-0.2, 0) is 4.79 Å². The lowest BCUT2D eigenvalue weighted by Crippen LogP contribution is -2.30. The Bertz CT molecular complexity index is 672. The maximum absolute atomic E-state index is 12.3. The SMILES string of the molecule is Cc1cc(C)cc(NC(=O)[C@@H](C)Oc2ccc(C)c(C)c2)c1. The number of hydrogen-bond donors (Lipinski definition) is 1. The largest absolute Gasteiger partial charge is 0.481 e. The maximum Gasteiger partial charge on any atom is 0.265 e. The van der Waals surface area contributed by atoms with Gasteiger partial charge in [-0.05, 0) is 81.1 Å². The van der Waals surface area contributed by atoms with Gasteiger partial charge in [-0.3, -0.25) is 4.79 Å². The highest BCUT2D eigenvalue weighted by molar-refractivity contribution is 5.94. The molecular formula is C19H23NO2. The monoisotopic (exact) mass is 297 g/mol. The van der Waals surface area contributed by atoms with Gasteiger partial charge in [-0.25, -0.2) is 0 Å². The normalized spacial score (nSPS) is 11.9. The Hall–Kier alpha value is -2.29. The standard InChI is InChI=1S/C19H23NO2/c1-12-8-13(2)10-17(9-12)20-19(21)16(5)22-18-7-6-14(3)15(4)11-18/h6-11,16H,1-5H3,(H,20,21)/t16-/m1/s1. The molecule has 22 heavy (non-hydrogen) atoms. The van der Waals surface area contributed by atoms with Crippen molar-refractivity contribution >= 4 is 11.6 Å². The Labute approximate surface area is 132 Å². The molecule has 0 saturated carbocycles. The van der Waals surface area contributed by atoms with Crippen LogP contribution in [0.2, 0.25) is 0 Å². The first-order chi connectivity index (χ1) is 10.3. The second kappa shape index (κ2) is 6.65. The third-order valence-electron chi connectivity index (χ3n) is 3.65. The Morgan fingerprint density at radius 3 is 2.18 bits per heavy atom. The molecule has 1 N–H and O–H groups in total. The van der Waals surface area contributed by atoms with Gasteiger partial charge in [0.2, 0.25) is 0 Å². The molecule has 0 spiro atoms. The van der Waals surface area contributed by atoms with Gasteiger partial charge in [0.1, 0.15) is 5.75 Å². The molecule has 0 unspecified atom stereocenters. The summed E-state index contributed by atoms with van der Waals surface area (Å²) in [5, 5.41) is 2.91. The van der Waals surface area contributed by atoms with Gasteiger partial charge in [0.25, 0.3) is 5.91 Å². The summed E-state index contributed by atoms with van der Waals surface area (Å²) in [6.45, 7) is 9.86. The summed E-state index contributed by atoms with van der Waals surface area (Å²) in [5.74, 6) is 0.564. The van der Waals surface area contributed by atoms with Crippen LogP contribution in [-0.4, -0.2) is 12.0 Å². The van der Waals surface area contributed by atoms with Crippen LogP contribution >= 0.6 is 0 Å². The van der Waals surface area contributed by atoms with Crippen molar-refractivity contribution < 1.29 is 9.53 Å². The van der Waals surface area contributed by atoms with E-state index in [1.54, 1.807) is 6.92 Å². The van der Waals surface area contributed by atoms with E-state index in [0.29, 0.717) is 5.75 Å². The average molecular weight is 297 g/mol. The van der Waals surface area contributed by atoms with Crippen molar-refractivity contribution in [2.24, 2.45) is 0 Å². The maximum atomic E-state index is 12.3. The van der Waals surface area contributed by atoms with Crippen molar-refractivity contribution in [3.63, 3.8) is 0 Å². The summed E-state index contributed by atoms with van der Waals surface area (Å²) in [5.41, 5.74) is 5.41. The average Bonchev–Trinajstić information content (AvgIpc) is 2.41. The molecule has 1 atom stereocenters. The lowest BCUT2D eigenvalue weighted by molar-refractivity contribution is -0.122. The third kappa shape index (κ3) is 4.10. The summed E-state index contributed by atoms with van der Waals surface area (Å²) in [4.78, 5) is 12.3. The number of anilines is 1. The molecule has 0 heterocycles. The fraction of sp³-hybridized carbons (Fsp3) is 0.316. The molecule has 1 amide bonds. The van der Waals surface area contributed by atoms with Gasteiger partial charge in [-0.15, -0.1) is 0 Å². The highest BCUT2D eigenvalue weighted by Gasteiger charge is 2.15. The van der Waals surface area contributed by atoms with Crippen molar-refractivity contribution in [3.8, 4) is 5.75 Å². The van der Waals surface area contributed by atoms with Crippen LogP contribution < -0.4 is 10.1 Å². The molecule has 2 rings (SSSR count). The third-order valence-corrected chi connectivity index (χ3v) is 3.65. The van der Waals surface area contributed by atoms with Gasteiger partial charge in [0.15, 0.2) is 6.10 Å². The number of carbonyl (C=O) groups excluding carboxylic acids is 1. The van der Waals surface area contributed by atoms with Crippen molar-refractivity contribution in [1.82, 2.24) is 0 Å². The number of aryl methyl sites for hydroxylation is 4. The van der Waals surface area contributed by atoms with Crippen LogP contribution in [0.5, 0.6) is 5.75 Å². The van der Waals surface area contributed by atoms with Gasteiger partial charge >= 0.3 is 0 Å². The van der Waals surface area contributed by atoms with E-state index < -0.39 is 6.10 Å². The summed E-state index contributed by atoms with van der Waals surface area (Å²) in [7, 11) is 0. The molecule has 2 aromatic carbocycles. The summed E-state index contributed by atoms with van der Waals surface area (Å²) in [6.07, 6.45) is -0.553. The molecule has 0 radical (unpaired) electrons. The molecule has 0 fully saturated rings. The van der Waals surface area contributed by atoms with Gasteiger partial charge in [0.05, 0.1) is 0 Å². The van der Waals surface area contributed by atoms with E-state index in [4.69, 9.17) is 4.74 Å². The molecule has 0 bridgehead atoms. The predicted octanol–water partition coefficient (Wildman–Crippen LogP) is 4.33. The molecule has 116 valence electrons. The number of ether oxygens (including phenoxy) is 1. The zero-order chi connectivity index (χ0) is 16.3. The first kappa shape index (κ1) is 16.1. The molecule has 2 aromatic rings. The molecule has 0 aliphatic carbocycles. The van der Waals surface area contributed by atoms with Crippen molar-refractivity contribution in [3.05, 3.63) is 58.7 Å². The van der Waals surface area contributed by atoms with E-state index in [9.17, 15) is 4.79 Å². The fourth-order valence-corrected chi connectivity index (χ4v) is 2.34. The molecule has 3 nitrogen and oxygen atoms in total. The van der Waals surface area contributed by atoms with Crippen molar-refractivity contribution in [1.29, 1.82) is 0 Å². The summed E-state index contributed by atoms with van der Waals surface area (Å²) in [6, 6.07) is 11.8. The molecule has 3 heteroatoms. The number of hydrogen-bond acceptors (Lipinski definition) is 2. The van der Waals surface area contributed by atoms with Crippen molar-refractivity contribution in [2.45, 2.75) is 40.7 Å². The molecule has 0 saturated heterocycles. The topological polar surface area (TPSA) is 38.3 Å². The van der Waals surface area contributed by atoms with E-state index in [2.05, 4.69) is 18.3 Å². The molecule has 0 aromatic heterocycles. The second-order valence-electron chi connectivity index (χ2n) is 5.87. The smallest absolute Gasteiger partial charge is 0.265 e. The Morgan fingerprint density at radius 1 is 0.955 bits per heavy atom. The van der Waals surface area contributed by atoms with E-state index in [0.717, 1.165) is 22.4 Å². The van der Waals surface area contributed by atoms with E-state index >= 15 is 0 Å². The number of rotatable bonds is 4. The first-order valence-electron chi connectivity index (χ1n) is 7.48. The van der Waals surface area contributed by atoms with Crippen LogP contribution in [0.15, 0.2) is 36.4 Å². The fourth-order valence-electron chi connectivity index (χ4n) is 2.34. The zero-order valence-corrected chi connectivity index (χ0v) is 13.9. The number of nitrogens with one attached hydrogen (secondary N) is 1. The van der Waals surface area contributed by atoms with Crippen LogP contribution in [0.1, 0.15) is 29.2 Å². The lowest BCUT2D eigenvalue weighted by atomic mass is 10.1. The molecule has 0 aliphatic rings. The number of benzene rings is 2. The van der Waals surface area contributed by atoms with Crippen LogP contribution in [0.4, 0.5) is 5.69 Å². The quantitative estimate of drug-likeness (QED) is 0.912. The Kier molecular flexibility index (Phi) is 4.86.